The highest BCUT2D eigenvalue weighted by Gasteiger charge is 2.13. The van der Waals surface area contributed by atoms with Crippen LogP contribution < -0.4 is 11.3 Å². The number of nitrogens with zero attached hydrogens (tertiary/aromatic N) is 1. The Labute approximate surface area is 89.9 Å². The van der Waals surface area contributed by atoms with Gasteiger partial charge in [0, 0.05) is 6.54 Å². The molecule has 1 rings (SSSR count). The number of hydrogen-bond donors (Lipinski definition) is 1. The molecule has 14 heavy (non-hydrogen) atoms. The Morgan fingerprint density at radius 1 is 1.64 bits per heavy atom. The van der Waals surface area contributed by atoms with Gasteiger partial charge in [-0.3, -0.25) is 9.59 Å². The summed E-state index contributed by atoms with van der Waals surface area (Å²) in [4.78, 5) is 22.7. The van der Waals surface area contributed by atoms with E-state index in [1.807, 2.05) is 0 Å². The molecule has 0 radical (unpaired) electrons. The second-order valence-corrected chi connectivity index (χ2v) is 3.79. The second kappa shape index (κ2) is 3.96. The quantitative estimate of drug-likeness (QED) is 0.862. The van der Waals surface area contributed by atoms with E-state index in [4.69, 9.17) is 5.73 Å². The number of aromatic nitrogens is 1. The van der Waals surface area contributed by atoms with Crippen molar-refractivity contribution in [3.8, 4) is 0 Å². The van der Waals surface area contributed by atoms with Crippen LogP contribution in [0.3, 0.4) is 0 Å². The molecular weight excluding hydrogens is 248 g/mol. The van der Waals surface area contributed by atoms with E-state index in [9.17, 15) is 9.59 Å². The van der Waals surface area contributed by atoms with Gasteiger partial charge in [-0.15, -0.1) is 0 Å². The summed E-state index contributed by atoms with van der Waals surface area (Å²) in [6.45, 7) is 3.97. The summed E-state index contributed by atoms with van der Waals surface area (Å²) in [5.74, 6) is -0.575. The number of carbonyl (C=O) groups excluding carboxylic acids is 1. The zero-order chi connectivity index (χ0) is 10.9. The molecule has 1 amide bonds. The summed E-state index contributed by atoms with van der Waals surface area (Å²) in [5.41, 5.74) is 5.94. The first-order chi connectivity index (χ1) is 6.49. The van der Waals surface area contributed by atoms with Crippen LogP contribution in [0, 0.1) is 6.92 Å². The van der Waals surface area contributed by atoms with Gasteiger partial charge in [0.05, 0.1) is 4.47 Å². The average Bonchev–Trinajstić information content (AvgIpc) is 2.09. The molecule has 1 aromatic rings. The monoisotopic (exact) mass is 258 g/mol. The van der Waals surface area contributed by atoms with Gasteiger partial charge in [0.15, 0.2) is 0 Å². The van der Waals surface area contributed by atoms with Crippen molar-refractivity contribution >= 4 is 21.8 Å². The molecule has 1 heterocycles. The summed E-state index contributed by atoms with van der Waals surface area (Å²) in [7, 11) is 0. The third kappa shape index (κ3) is 1.72. The van der Waals surface area contributed by atoms with E-state index < -0.39 is 5.91 Å². The van der Waals surface area contributed by atoms with Crippen molar-refractivity contribution < 1.29 is 4.79 Å². The molecule has 1 aromatic heterocycles. The summed E-state index contributed by atoms with van der Waals surface area (Å²) in [6, 6.07) is 1.61. The van der Waals surface area contributed by atoms with Crippen molar-refractivity contribution in [1.29, 1.82) is 0 Å². The molecule has 0 atom stereocenters. The summed E-state index contributed by atoms with van der Waals surface area (Å²) in [6.07, 6.45) is 0. The Morgan fingerprint density at radius 3 is 2.64 bits per heavy atom. The molecule has 0 aliphatic carbocycles. The van der Waals surface area contributed by atoms with Gasteiger partial charge in [-0.2, -0.15) is 0 Å². The topological polar surface area (TPSA) is 65.1 Å². The molecule has 0 aliphatic rings. The van der Waals surface area contributed by atoms with Crippen molar-refractivity contribution in [2.45, 2.75) is 20.4 Å². The minimum Gasteiger partial charge on any atom is -0.364 e. The lowest BCUT2D eigenvalue weighted by Crippen LogP contribution is -2.30. The largest absolute Gasteiger partial charge is 0.364 e. The standard InChI is InChI=1S/C9H11BrN2O2/c1-3-12-7(8(11)13)5(2)4-6(10)9(12)14/h4H,3H2,1-2H3,(H2,11,13). The molecule has 0 aliphatic heterocycles. The number of primary amides is 1. The van der Waals surface area contributed by atoms with Gasteiger partial charge >= 0.3 is 0 Å². The molecule has 0 aromatic carbocycles. The normalized spacial score (nSPS) is 10.2. The van der Waals surface area contributed by atoms with Crippen LogP contribution >= 0.6 is 15.9 Å². The van der Waals surface area contributed by atoms with E-state index in [1.54, 1.807) is 19.9 Å². The fourth-order valence-electron chi connectivity index (χ4n) is 1.39. The maximum Gasteiger partial charge on any atom is 0.265 e. The Bertz CT molecular complexity index is 437. The zero-order valence-electron chi connectivity index (χ0n) is 8.00. The highest BCUT2D eigenvalue weighted by molar-refractivity contribution is 9.10. The predicted molar refractivity (Wildman–Crippen MR) is 57.3 cm³/mol. The highest BCUT2D eigenvalue weighted by atomic mass is 79.9. The number of amides is 1. The minimum absolute atomic E-state index is 0.230. The van der Waals surface area contributed by atoms with Crippen LogP contribution in [0.1, 0.15) is 23.0 Å². The number of hydrogen-bond acceptors (Lipinski definition) is 2. The van der Waals surface area contributed by atoms with Crippen LogP contribution in [0.25, 0.3) is 0 Å². The van der Waals surface area contributed by atoms with Gasteiger partial charge in [-0.1, -0.05) is 0 Å². The number of aryl methyl sites for hydroxylation is 1. The van der Waals surface area contributed by atoms with E-state index >= 15 is 0 Å². The SMILES string of the molecule is CCn1c(C(N)=O)c(C)cc(Br)c1=O. The van der Waals surface area contributed by atoms with E-state index in [1.165, 1.54) is 4.57 Å². The van der Waals surface area contributed by atoms with E-state index in [0.717, 1.165) is 0 Å². The third-order valence-corrected chi connectivity index (χ3v) is 2.55. The summed E-state index contributed by atoms with van der Waals surface area (Å²) in [5, 5.41) is 0. The first-order valence-corrected chi connectivity index (χ1v) is 4.98. The van der Waals surface area contributed by atoms with Crippen molar-refractivity contribution in [1.82, 2.24) is 4.57 Å². The molecule has 0 bridgehead atoms. The lowest BCUT2D eigenvalue weighted by Gasteiger charge is -2.11. The average molecular weight is 259 g/mol. The van der Waals surface area contributed by atoms with Crippen LogP contribution in [0.5, 0.6) is 0 Å². The van der Waals surface area contributed by atoms with Gasteiger partial charge in [0.1, 0.15) is 5.69 Å². The lowest BCUT2D eigenvalue weighted by molar-refractivity contribution is 0.0989. The molecule has 2 N–H and O–H groups in total. The Hall–Kier alpha value is -1.10. The van der Waals surface area contributed by atoms with Crippen LogP contribution in [-0.2, 0) is 6.54 Å². The van der Waals surface area contributed by atoms with Gasteiger partial charge < -0.3 is 10.3 Å². The number of pyridine rings is 1. The fraction of sp³-hybridized carbons (Fsp3) is 0.333. The molecule has 0 unspecified atom stereocenters. The molecule has 0 saturated carbocycles. The van der Waals surface area contributed by atoms with Crippen molar-refractivity contribution in [3.63, 3.8) is 0 Å². The maximum atomic E-state index is 11.6. The molecule has 0 saturated heterocycles. The first kappa shape index (κ1) is 11.0. The van der Waals surface area contributed by atoms with Crippen LogP contribution in [-0.4, -0.2) is 10.5 Å². The van der Waals surface area contributed by atoms with E-state index in [-0.39, 0.29) is 11.3 Å². The van der Waals surface area contributed by atoms with Gasteiger partial charge in [-0.05, 0) is 41.4 Å². The Balaban J connectivity index is 3.64. The first-order valence-electron chi connectivity index (χ1n) is 4.18. The van der Waals surface area contributed by atoms with Gasteiger partial charge in [-0.25, -0.2) is 0 Å². The zero-order valence-corrected chi connectivity index (χ0v) is 9.59. The van der Waals surface area contributed by atoms with Crippen molar-refractivity contribution in [3.05, 3.63) is 32.2 Å². The maximum absolute atomic E-state index is 11.6. The van der Waals surface area contributed by atoms with Gasteiger partial charge in [0.25, 0.3) is 11.5 Å². The number of rotatable bonds is 2. The van der Waals surface area contributed by atoms with Crippen LogP contribution in [0.15, 0.2) is 15.3 Å². The summed E-state index contributed by atoms with van der Waals surface area (Å²) >= 11 is 3.14. The third-order valence-electron chi connectivity index (χ3n) is 1.99. The van der Waals surface area contributed by atoms with Crippen molar-refractivity contribution in [2.24, 2.45) is 5.73 Å². The predicted octanol–water partition coefficient (Wildman–Crippen LogP) is 1.04. The molecule has 4 nitrogen and oxygen atoms in total. The van der Waals surface area contributed by atoms with E-state index in [2.05, 4.69) is 15.9 Å². The number of carbonyl (C=O) groups is 1. The molecule has 0 spiro atoms. The smallest absolute Gasteiger partial charge is 0.265 e. The second-order valence-electron chi connectivity index (χ2n) is 2.94. The highest BCUT2D eigenvalue weighted by Crippen LogP contribution is 2.11. The Kier molecular flexibility index (Phi) is 3.10. The summed E-state index contributed by atoms with van der Waals surface area (Å²) < 4.78 is 1.81. The molecule has 5 heteroatoms. The van der Waals surface area contributed by atoms with E-state index in [0.29, 0.717) is 16.6 Å². The number of nitrogens with two attached hydrogens (primary N) is 1. The fourth-order valence-corrected chi connectivity index (χ4v) is 1.95. The molecule has 76 valence electrons. The molecular formula is C9H11BrN2O2. The lowest BCUT2D eigenvalue weighted by atomic mass is 10.2. The molecule has 0 fully saturated rings. The minimum atomic E-state index is -0.575. The van der Waals surface area contributed by atoms with Crippen LogP contribution in [0.4, 0.5) is 0 Å². The Morgan fingerprint density at radius 2 is 2.21 bits per heavy atom. The van der Waals surface area contributed by atoms with Gasteiger partial charge in [0.2, 0.25) is 0 Å². The van der Waals surface area contributed by atoms with Crippen LogP contribution in [0.2, 0.25) is 0 Å². The number of halogens is 1. The van der Waals surface area contributed by atoms with Crippen molar-refractivity contribution in [2.75, 3.05) is 0 Å².